The highest BCUT2D eigenvalue weighted by molar-refractivity contribution is 9.10. The minimum atomic E-state index is -0.249. The van der Waals surface area contributed by atoms with Crippen molar-refractivity contribution < 1.29 is 9.53 Å². The van der Waals surface area contributed by atoms with Crippen molar-refractivity contribution in [2.24, 2.45) is 0 Å². The Hall–Kier alpha value is -0.870. The lowest BCUT2D eigenvalue weighted by atomic mass is 9.84. The summed E-state index contributed by atoms with van der Waals surface area (Å²) in [7, 11) is 0. The van der Waals surface area contributed by atoms with Crippen LogP contribution in [0.5, 0.6) is 0 Å². The van der Waals surface area contributed by atoms with E-state index in [0.717, 1.165) is 17.3 Å². The first-order valence-corrected chi connectivity index (χ1v) is 7.44. The van der Waals surface area contributed by atoms with E-state index in [4.69, 9.17) is 4.74 Å². The van der Waals surface area contributed by atoms with Gasteiger partial charge in [0.1, 0.15) is 6.10 Å². The van der Waals surface area contributed by atoms with E-state index in [1.807, 2.05) is 12.1 Å². The number of carbonyl (C=O) groups excluding carboxylic acids is 1. The second-order valence-corrected chi connectivity index (χ2v) is 6.53. The molecule has 1 saturated heterocycles. The van der Waals surface area contributed by atoms with Gasteiger partial charge in [-0.15, -0.1) is 0 Å². The number of hydrogen-bond acceptors (Lipinski definition) is 2. The predicted octanol–water partition coefficient (Wildman–Crippen LogP) is 3.02. The third-order valence-corrected chi connectivity index (χ3v) is 4.08. The van der Waals surface area contributed by atoms with Crippen LogP contribution in [0.4, 0.5) is 0 Å². The van der Waals surface area contributed by atoms with Gasteiger partial charge in [0.15, 0.2) is 0 Å². The number of benzene rings is 1. The number of amides is 1. The third-order valence-electron chi connectivity index (χ3n) is 3.55. The minimum Gasteiger partial charge on any atom is -0.368 e. The van der Waals surface area contributed by atoms with E-state index in [0.29, 0.717) is 13.2 Å². The molecule has 1 fully saturated rings. The Morgan fingerprint density at radius 2 is 2.11 bits per heavy atom. The van der Waals surface area contributed by atoms with Gasteiger partial charge in [-0.25, -0.2) is 0 Å². The van der Waals surface area contributed by atoms with Crippen LogP contribution in [0.3, 0.4) is 0 Å². The van der Waals surface area contributed by atoms with Gasteiger partial charge in [-0.1, -0.05) is 41.9 Å². The van der Waals surface area contributed by atoms with Gasteiger partial charge in [0, 0.05) is 23.0 Å². The van der Waals surface area contributed by atoms with Gasteiger partial charge < -0.3 is 10.1 Å². The summed E-state index contributed by atoms with van der Waals surface area (Å²) >= 11 is 3.43. The molecule has 0 radical (unpaired) electrons. The number of carbonyl (C=O) groups is 1. The van der Waals surface area contributed by atoms with Gasteiger partial charge in [-0.3, -0.25) is 4.79 Å². The van der Waals surface area contributed by atoms with Crippen LogP contribution >= 0.6 is 15.9 Å². The van der Waals surface area contributed by atoms with Crippen LogP contribution in [0, 0.1) is 0 Å². The largest absolute Gasteiger partial charge is 0.368 e. The van der Waals surface area contributed by atoms with Crippen LogP contribution in [0.15, 0.2) is 28.7 Å². The van der Waals surface area contributed by atoms with Gasteiger partial charge in [0.2, 0.25) is 5.91 Å². The van der Waals surface area contributed by atoms with Crippen molar-refractivity contribution in [3.05, 3.63) is 34.3 Å². The fraction of sp³-hybridized carbons (Fsp3) is 0.533. The summed E-state index contributed by atoms with van der Waals surface area (Å²) in [6, 6.07) is 8.22. The van der Waals surface area contributed by atoms with Crippen molar-refractivity contribution in [2.45, 2.75) is 38.2 Å². The molecule has 1 N–H and O–H groups in total. The standard InChI is InChI=1S/C15H20BrNO2/c1-15(2,11-5-7-12(16)8-6-11)10-17-14(18)13-4-3-9-19-13/h5-8,13H,3-4,9-10H2,1-2H3,(H,17,18). The smallest absolute Gasteiger partial charge is 0.249 e. The quantitative estimate of drug-likeness (QED) is 0.924. The van der Waals surface area contributed by atoms with Gasteiger partial charge in [-0.05, 0) is 30.5 Å². The average molecular weight is 326 g/mol. The van der Waals surface area contributed by atoms with Crippen molar-refractivity contribution in [1.82, 2.24) is 5.32 Å². The summed E-state index contributed by atoms with van der Waals surface area (Å²) in [5.41, 5.74) is 1.12. The number of rotatable bonds is 4. The number of ether oxygens (including phenoxy) is 1. The molecular formula is C15H20BrNO2. The molecule has 4 heteroatoms. The topological polar surface area (TPSA) is 38.3 Å². The normalized spacial score (nSPS) is 19.4. The Bertz CT molecular complexity index is 436. The lowest BCUT2D eigenvalue weighted by Gasteiger charge is -2.26. The summed E-state index contributed by atoms with van der Waals surface area (Å²) in [6.45, 7) is 5.58. The fourth-order valence-corrected chi connectivity index (χ4v) is 2.47. The lowest BCUT2D eigenvalue weighted by Crippen LogP contribution is -2.41. The van der Waals surface area contributed by atoms with Crippen molar-refractivity contribution in [2.75, 3.05) is 13.2 Å². The first-order chi connectivity index (χ1) is 8.99. The highest BCUT2D eigenvalue weighted by atomic mass is 79.9. The van der Waals surface area contributed by atoms with Crippen molar-refractivity contribution in [3.8, 4) is 0 Å². The highest BCUT2D eigenvalue weighted by Gasteiger charge is 2.26. The first kappa shape index (κ1) is 14.5. The monoisotopic (exact) mass is 325 g/mol. The molecule has 1 aromatic rings. The zero-order valence-electron chi connectivity index (χ0n) is 11.4. The van der Waals surface area contributed by atoms with E-state index in [2.05, 4.69) is 47.2 Å². The van der Waals surface area contributed by atoms with Crippen molar-refractivity contribution in [1.29, 1.82) is 0 Å². The molecule has 0 bridgehead atoms. The molecular weight excluding hydrogens is 306 g/mol. The van der Waals surface area contributed by atoms with Crippen molar-refractivity contribution >= 4 is 21.8 Å². The molecule has 1 amide bonds. The molecule has 1 unspecified atom stereocenters. The molecule has 19 heavy (non-hydrogen) atoms. The van der Waals surface area contributed by atoms with E-state index in [-0.39, 0.29) is 17.4 Å². The molecule has 0 saturated carbocycles. The zero-order valence-corrected chi connectivity index (χ0v) is 13.0. The molecule has 1 aliphatic heterocycles. The second-order valence-electron chi connectivity index (χ2n) is 5.61. The van der Waals surface area contributed by atoms with Crippen LogP contribution in [0.1, 0.15) is 32.3 Å². The Morgan fingerprint density at radius 1 is 1.42 bits per heavy atom. The average Bonchev–Trinajstić information content (AvgIpc) is 2.90. The second kappa shape index (κ2) is 6.06. The molecule has 104 valence electrons. The molecule has 3 nitrogen and oxygen atoms in total. The first-order valence-electron chi connectivity index (χ1n) is 6.64. The minimum absolute atomic E-state index is 0.0164. The molecule has 1 aliphatic rings. The summed E-state index contributed by atoms with van der Waals surface area (Å²) in [5.74, 6) is 0.0164. The highest BCUT2D eigenvalue weighted by Crippen LogP contribution is 2.24. The maximum Gasteiger partial charge on any atom is 0.249 e. The molecule has 1 heterocycles. The lowest BCUT2D eigenvalue weighted by molar-refractivity contribution is -0.130. The zero-order chi connectivity index (χ0) is 13.9. The molecule has 0 aromatic heterocycles. The van der Waals surface area contributed by atoms with Crippen molar-refractivity contribution in [3.63, 3.8) is 0 Å². The van der Waals surface area contributed by atoms with Crippen LogP contribution in [-0.4, -0.2) is 25.2 Å². The molecule has 1 aromatic carbocycles. The summed E-state index contributed by atoms with van der Waals surface area (Å²) in [5, 5.41) is 3.00. The number of nitrogens with one attached hydrogen (secondary N) is 1. The van der Waals surface area contributed by atoms with E-state index >= 15 is 0 Å². The van der Waals surface area contributed by atoms with Crippen LogP contribution < -0.4 is 5.32 Å². The Labute approximate surface area is 122 Å². The van der Waals surface area contributed by atoms with Gasteiger partial charge in [0.25, 0.3) is 0 Å². The van der Waals surface area contributed by atoms with E-state index in [1.165, 1.54) is 5.56 Å². The van der Waals surface area contributed by atoms with Gasteiger partial charge >= 0.3 is 0 Å². The maximum atomic E-state index is 11.9. The number of halogens is 1. The molecule has 2 rings (SSSR count). The molecule has 0 spiro atoms. The maximum absolute atomic E-state index is 11.9. The molecule has 1 atom stereocenters. The van der Waals surface area contributed by atoms with Gasteiger partial charge in [-0.2, -0.15) is 0 Å². The van der Waals surface area contributed by atoms with Crippen LogP contribution in [0.25, 0.3) is 0 Å². The van der Waals surface area contributed by atoms with E-state index < -0.39 is 0 Å². The summed E-state index contributed by atoms with van der Waals surface area (Å²) in [6.07, 6.45) is 1.57. The number of hydrogen-bond donors (Lipinski definition) is 1. The SMILES string of the molecule is CC(C)(CNC(=O)C1CCCO1)c1ccc(Br)cc1. The Kier molecular flexibility index (Phi) is 4.63. The fourth-order valence-electron chi connectivity index (χ4n) is 2.21. The predicted molar refractivity (Wildman–Crippen MR) is 79.2 cm³/mol. The summed E-state index contributed by atoms with van der Waals surface area (Å²) < 4.78 is 6.45. The molecule has 0 aliphatic carbocycles. The van der Waals surface area contributed by atoms with Crippen LogP contribution in [-0.2, 0) is 14.9 Å². The third kappa shape index (κ3) is 3.80. The van der Waals surface area contributed by atoms with Gasteiger partial charge in [0.05, 0.1) is 0 Å². The van der Waals surface area contributed by atoms with Crippen LogP contribution in [0.2, 0.25) is 0 Å². The van der Waals surface area contributed by atoms with E-state index in [9.17, 15) is 4.79 Å². The Morgan fingerprint density at radius 3 is 2.68 bits per heavy atom. The Balaban J connectivity index is 1.93. The van der Waals surface area contributed by atoms with E-state index in [1.54, 1.807) is 0 Å². The summed E-state index contributed by atoms with van der Waals surface area (Å²) in [4.78, 5) is 11.9.